The standard InChI is InChI=1S/C16H22N4/c1-10-14(11(2)20(3)19-10)9-15(17)13-7-6-12-5-4-8-18-16(12)13/h4-5,8,13,15H,6-7,9,17H2,1-3H3. The highest BCUT2D eigenvalue weighted by Gasteiger charge is 2.29. The van der Waals surface area contributed by atoms with Gasteiger partial charge in [0.25, 0.3) is 0 Å². The molecule has 2 atom stereocenters. The SMILES string of the molecule is Cc1nn(C)c(C)c1CC(N)C1CCc2cccnc21. The number of aryl methyl sites for hydroxylation is 3. The molecule has 2 N–H and O–H groups in total. The average Bonchev–Trinajstić information content (AvgIpc) is 2.96. The molecule has 4 heteroatoms. The summed E-state index contributed by atoms with van der Waals surface area (Å²) >= 11 is 0. The van der Waals surface area contributed by atoms with E-state index < -0.39 is 0 Å². The quantitative estimate of drug-likeness (QED) is 0.928. The zero-order chi connectivity index (χ0) is 14.3. The lowest BCUT2D eigenvalue weighted by atomic mass is 9.91. The molecule has 2 aromatic rings. The van der Waals surface area contributed by atoms with Crippen LogP contribution in [0, 0.1) is 13.8 Å². The van der Waals surface area contributed by atoms with Gasteiger partial charge in [-0.2, -0.15) is 5.10 Å². The minimum Gasteiger partial charge on any atom is -0.327 e. The minimum atomic E-state index is 0.118. The smallest absolute Gasteiger partial charge is 0.0628 e. The molecule has 0 radical (unpaired) electrons. The van der Waals surface area contributed by atoms with E-state index in [1.54, 1.807) is 0 Å². The number of pyridine rings is 1. The predicted molar refractivity (Wildman–Crippen MR) is 79.7 cm³/mol. The molecule has 0 amide bonds. The molecule has 2 heterocycles. The summed E-state index contributed by atoms with van der Waals surface area (Å²) in [6.45, 7) is 4.18. The molecule has 0 bridgehead atoms. The first-order chi connectivity index (χ1) is 9.58. The summed E-state index contributed by atoms with van der Waals surface area (Å²) in [6.07, 6.45) is 4.98. The van der Waals surface area contributed by atoms with Crippen molar-refractivity contribution in [3.63, 3.8) is 0 Å². The lowest BCUT2D eigenvalue weighted by Gasteiger charge is -2.19. The van der Waals surface area contributed by atoms with Crippen LogP contribution < -0.4 is 5.73 Å². The van der Waals surface area contributed by atoms with Gasteiger partial charge in [0.1, 0.15) is 0 Å². The van der Waals surface area contributed by atoms with Gasteiger partial charge in [-0.3, -0.25) is 9.67 Å². The summed E-state index contributed by atoms with van der Waals surface area (Å²) in [7, 11) is 1.99. The third kappa shape index (κ3) is 2.14. The maximum atomic E-state index is 6.50. The largest absolute Gasteiger partial charge is 0.327 e. The van der Waals surface area contributed by atoms with Gasteiger partial charge in [-0.1, -0.05) is 6.07 Å². The fourth-order valence-corrected chi connectivity index (χ4v) is 3.35. The van der Waals surface area contributed by atoms with E-state index in [2.05, 4.69) is 30.0 Å². The van der Waals surface area contributed by atoms with Crippen molar-refractivity contribution in [3.8, 4) is 0 Å². The van der Waals surface area contributed by atoms with Crippen LogP contribution in [0.5, 0.6) is 0 Å². The van der Waals surface area contributed by atoms with Crippen molar-refractivity contribution in [3.05, 3.63) is 46.5 Å². The summed E-state index contributed by atoms with van der Waals surface area (Å²) in [5.74, 6) is 0.380. The molecule has 106 valence electrons. The molecule has 2 unspecified atom stereocenters. The van der Waals surface area contributed by atoms with Crippen molar-refractivity contribution in [1.29, 1.82) is 0 Å². The van der Waals surface area contributed by atoms with E-state index in [0.29, 0.717) is 5.92 Å². The van der Waals surface area contributed by atoms with Crippen LogP contribution in [0.2, 0.25) is 0 Å². The van der Waals surface area contributed by atoms with Crippen molar-refractivity contribution >= 4 is 0 Å². The highest BCUT2D eigenvalue weighted by Crippen LogP contribution is 2.34. The third-order valence-corrected chi connectivity index (χ3v) is 4.62. The van der Waals surface area contributed by atoms with Crippen molar-refractivity contribution in [2.24, 2.45) is 12.8 Å². The first-order valence-electron chi connectivity index (χ1n) is 7.26. The Labute approximate surface area is 120 Å². The Hall–Kier alpha value is -1.68. The number of nitrogens with zero attached hydrogens (tertiary/aromatic N) is 3. The van der Waals surface area contributed by atoms with Gasteiger partial charge in [0.2, 0.25) is 0 Å². The number of fused-ring (bicyclic) bond motifs is 1. The second kappa shape index (κ2) is 5.02. The van der Waals surface area contributed by atoms with Crippen LogP contribution >= 0.6 is 0 Å². The molecule has 0 fully saturated rings. The summed E-state index contributed by atoms with van der Waals surface area (Å²) in [4.78, 5) is 4.55. The molecule has 0 spiro atoms. The summed E-state index contributed by atoms with van der Waals surface area (Å²) in [6, 6.07) is 4.31. The van der Waals surface area contributed by atoms with E-state index in [-0.39, 0.29) is 6.04 Å². The van der Waals surface area contributed by atoms with Gasteiger partial charge in [-0.05, 0) is 50.3 Å². The Balaban J connectivity index is 1.83. The number of rotatable bonds is 3. The van der Waals surface area contributed by atoms with Crippen molar-refractivity contribution in [1.82, 2.24) is 14.8 Å². The van der Waals surface area contributed by atoms with Crippen LogP contribution in [0.25, 0.3) is 0 Å². The molecule has 1 aliphatic carbocycles. The van der Waals surface area contributed by atoms with E-state index in [1.165, 1.54) is 22.5 Å². The normalized spacial score (nSPS) is 19.1. The average molecular weight is 270 g/mol. The van der Waals surface area contributed by atoms with Crippen LogP contribution in [-0.4, -0.2) is 20.8 Å². The second-order valence-electron chi connectivity index (χ2n) is 5.83. The maximum Gasteiger partial charge on any atom is 0.0628 e. The molecule has 0 aliphatic heterocycles. The molecule has 2 aromatic heterocycles. The summed E-state index contributed by atoms with van der Waals surface area (Å²) in [5.41, 5.74) is 12.7. The highest BCUT2D eigenvalue weighted by molar-refractivity contribution is 5.32. The number of hydrogen-bond donors (Lipinski definition) is 1. The Morgan fingerprint density at radius 2 is 2.25 bits per heavy atom. The van der Waals surface area contributed by atoms with E-state index in [0.717, 1.165) is 25.0 Å². The van der Waals surface area contributed by atoms with Crippen LogP contribution in [0.15, 0.2) is 18.3 Å². The first kappa shape index (κ1) is 13.3. The third-order valence-electron chi connectivity index (χ3n) is 4.62. The Bertz CT molecular complexity index is 629. The van der Waals surface area contributed by atoms with Gasteiger partial charge in [0.15, 0.2) is 0 Å². The molecule has 0 saturated heterocycles. The van der Waals surface area contributed by atoms with Gasteiger partial charge < -0.3 is 5.73 Å². The lowest BCUT2D eigenvalue weighted by molar-refractivity contribution is 0.515. The van der Waals surface area contributed by atoms with Gasteiger partial charge >= 0.3 is 0 Å². The van der Waals surface area contributed by atoms with Gasteiger partial charge in [-0.15, -0.1) is 0 Å². The zero-order valence-corrected chi connectivity index (χ0v) is 12.4. The van der Waals surface area contributed by atoms with Gasteiger partial charge in [0.05, 0.1) is 5.69 Å². The number of hydrogen-bond acceptors (Lipinski definition) is 3. The molecule has 20 heavy (non-hydrogen) atoms. The zero-order valence-electron chi connectivity index (χ0n) is 12.4. The van der Waals surface area contributed by atoms with Crippen LogP contribution in [0.4, 0.5) is 0 Å². The fourth-order valence-electron chi connectivity index (χ4n) is 3.35. The van der Waals surface area contributed by atoms with E-state index in [9.17, 15) is 0 Å². The molecule has 0 aromatic carbocycles. The van der Waals surface area contributed by atoms with Crippen LogP contribution in [-0.2, 0) is 19.9 Å². The topological polar surface area (TPSA) is 56.7 Å². The molecule has 0 saturated carbocycles. The van der Waals surface area contributed by atoms with E-state index >= 15 is 0 Å². The van der Waals surface area contributed by atoms with Crippen molar-refractivity contribution in [2.75, 3.05) is 0 Å². The Morgan fingerprint density at radius 3 is 2.95 bits per heavy atom. The second-order valence-corrected chi connectivity index (χ2v) is 5.83. The van der Waals surface area contributed by atoms with Crippen LogP contribution in [0.3, 0.4) is 0 Å². The van der Waals surface area contributed by atoms with Gasteiger partial charge in [-0.25, -0.2) is 0 Å². The molecule has 4 nitrogen and oxygen atoms in total. The lowest BCUT2D eigenvalue weighted by Crippen LogP contribution is -2.30. The van der Waals surface area contributed by atoms with Gasteiger partial charge in [0, 0.05) is 36.6 Å². The molecule has 3 rings (SSSR count). The predicted octanol–water partition coefficient (Wildman–Crippen LogP) is 2.03. The van der Waals surface area contributed by atoms with Crippen molar-refractivity contribution in [2.45, 2.75) is 45.1 Å². The summed E-state index contributed by atoms with van der Waals surface area (Å²) in [5, 5.41) is 4.48. The molecule has 1 aliphatic rings. The first-order valence-corrected chi connectivity index (χ1v) is 7.26. The number of nitrogens with two attached hydrogens (primary N) is 1. The maximum absolute atomic E-state index is 6.50. The highest BCUT2D eigenvalue weighted by atomic mass is 15.3. The summed E-state index contributed by atoms with van der Waals surface area (Å²) < 4.78 is 1.94. The van der Waals surface area contributed by atoms with E-state index in [1.807, 2.05) is 24.0 Å². The number of aromatic nitrogens is 3. The molecular weight excluding hydrogens is 248 g/mol. The Morgan fingerprint density at radius 1 is 1.45 bits per heavy atom. The molecular formula is C16H22N4. The van der Waals surface area contributed by atoms with E-state index in [4.69, 9.17) is 5.73 Å². The Kier molecular flexibility index (Phi) is 3.34. The monoisotopic (exact) mass is 270 g/mol. The minimum absolute atomic E-state index is 0.118. The van der Waals surface area contributed by atoms with Crippen molar-refractivity contribution < 1.29 is 0 Å². The van der Waals surface area contributed by atoms with Crippen LogP contribution in [0.1, 0.15) is 40.5 Å². The fraction of sp³-hybridized carbons (Fsp3) is 0.500.